The van der Waals surface area contributed by atoms with E-state index >= 15 is 0 Å². The van der Waals surface area contributed by atoms with Crippen molar-refractivity contribution < 1.29 is 19.0 Å². The highest BCUT2D eigenvalue weighted by Gasteiger charge is 2.30. The molecule has 3 aromatic rings. The molecule has 0 N–H and O–H groups in total. The number of esters is 1. The molecule has 0 amide bonds. The molecule has 7 heteroatoms. The van der Waals surface area contributed by atoms with Crippen molar-refractivity contribution in [2.75, 3.05) is 20.3 Å². The van der Waals surface area contributed by atoms with Gasteiger partial charge in [0.25, 0.3) is 0 Å². The average molecular weight is 480 g/mol. The molecule has 1 heterocycles. The van der Waals surface area contributed by atoms with Crippen molar-refractivity contribution in [2.45, 2.75) is 65.5 Å². The van der Waals surface area contributed by atoms with Crippen molar-refractivity contribution >= 4 is 5.97 Å². The number of nitrogens with zero attached hydrogens (tertiary/aromatic N) is 3. The van der Waals surface area contributed by atoms with Gasteiger partial charge in [-0.15, -0.1) is 0 Å². The Bertz CT molecular complexity index is 1070. The SMILES string of the molecule is CCOCCn1nc(Cc2ccc(C)cc2)nc1CCCc1ccc(OC(C)(C)C(=O)OC)cc1. The van der Waals surface area contributed by atoms with Crippen LogP contribution in [0.25, 0.3) is 0 Å². The molecular formula is C28H37N3O4. The molecule has 0 spiro atoms. The maximum Gasteiger partial charge on any atom is 0.349 e. The van der Waals surface area contributed by atoms with E-state index in [1.807, 2.05) is 35.9 Å². The van der Waals surface area contributed by atoms with Crippen LogP contribution in [0, 0.1) is 6.92 Å². The van der Waals surface area contributed by atoms with Crippen LogP contribution >= 0.6 is 0 Å². The van der Waals surface area contributed by atoms with Gasteiger partial charge < -0.3 is 14.2 Å². The fourth-order valence-corrected chi connectivity index (χ4v) is 3.81. The number of benzene rings is 2. The van der Waals surface area contributed by atoms with Crippen molar-refractivity contribution in [3.8, 4) is 5.75 Å². The van der Waals surface area contributed by atoms with Gasteiger partial charge in [0.15, 0.2) is 11.4 Å². The summed E-state index contributed by atoms with van der Waals surface area (Å²) >= 11 is 0. The zero-order chi connectivity index (χ0) is 25.3. The lowest BCUT2D eigenvalue weighted by molar-refractivity contribution is -0.156. The number of ether oxygens (including phenoxy) is 3. The molecule has 1 aromatic heterocycles. The molecule has 0 saturated carbocycles. The van der Waals surface area contributed by atoms with E-state index in [4.69, 9.17) is 24.3 Å². The van der Waals surface area contributed by atoms with Gasteiger partial charge in [0.1, 0.15) is 11.6 Å². The molecule has 0 aliphatic rings. The Morgan fingerprint density at radius 3 is 2.34 bits per heavy atom. The third kappa shape index (κ3) is 7.92. The van der Waals surface area contributed by atoms with Crippen LogP contribution in [0.1, 0.15) is 55.5 Å². The summed E-state index contributed by atoms with van der Waals surface area (Å²) < 4.78 is 18.1. The van der Waals surface area contributed by atoms with E-state index in [-0.39, 0.29) is 0 Å². The van der Waals surface area contributed by atoms with E-state index in [0.717, 1.165) is 37.3 Å². The third-order valence-electron chi connectivity index (χ3n) is 5.77. The molecule has 188 valence electrons. The highest BCUT2D eigenvalue weighted by molar-refractivity contribution is 5.78. The van der Waals surface area contributed by atoms with Gasteiger partial charge in [0.2, 0.25) is 0 Å². The molecule has 0 aliphatic carbocycles. The number of aryl methyl sites for hydroxylation is 3. The monoisotopic (exact) mass is 479 g/mol. The van der Waals surface area contributed by atoms with E-state index in [1.54, 1.807) is 13.8 Å². The second-order valence-electron chi connectivity index (χ2n) is 9.13. The summed E-state index contributed by atoms with van der Waals surface area (Å²) in [6.45, 7) is 9.50. The minimum Gasteiger partial charge on any atom is -0.476 e. The second-order valence-corrected chi connectivity index (χ2v) is 9.13. The van der Waals surface area contributed by atoms with Crippen LogP contribution in [-0.2, 0) is 40.1 Å². The van der Waals surface area contributed by atoms with Crippen LogP contribution in [0.2, 0.25) is 0 Å². The van der Waals surface area contributed by atoms with Crippen LogP contribution in [-0.4, -0.2) is 46.7 Å². The Hall–Kier alpha value is -3.19. The fraction of sp³-hybridized carbons (Fsp3) is 0.464. The second kappa shape index (κ2) is 12.5. The molecule has 0 aliphatic heterocycles. The van der Waals surface area contributed by atoms with Crippen molar-refractivity contribution in [3.05, 3.63) is 76.9 Å². The van der Waals surface area contributed by atoms with Gasteiger partial charge in [-0.2, -0.15) is 5.10 Å². The molecule has 0 atom stereocenters. The zero-order valence-electron chi connectivity index (χ0n) is 21.5. The van der Waals surface area contributed by atoms with Crippen LogP contribution in [0.4, 0.5) is 0 Å². The number of aromatic nitrogens is 3. The molecule has 7 nitrogen and oxygen atoms in total. The average Bonchev–Trinajstić information content (AvgIpc) is 3.22. The number of methoxy groups -OCH3 is 1. The zero-order valence-corrected chi connectivity index (χ0v) is 21.5. The van der Waals surface area contributed by atoms with E-state index in [0.29, 0.717) is 25.5 Å². The maximum atomic E-state index is 11.8. The number of hydrogen-bond acceptors (Lipinski definition) is 6. The Morgan fingerprint density at radius 2 is 1.69 bits per heavy atom. The van der Waals surface area contributed by atoms with Gasteiger partial charge >= 0.3 is 5.97 Å². The third-order valence-corrected chi connectivity index (χ3v) is 5.77. The Morgan fingerprint density at radius 1 is 1.00 bits per heavy atom. The summed E-state index contributed by atoms with van der Waals surface area (Å²) in [6, 6.07) is 16.4. The first kappa shape index (κ1) is 26.4. The minimum atomic E-state index is -1.03. The standard InChI is InChI=1S/C28H37N3O4/c1-6-34-19-18-31-26(29-25(30-31)20-23-12-10-21(2)11-13-23)9-7-8-22-14-16-24(17-15-22)35-28(3,4)27(32)33-5/h10-17H,6-9,18-20H2,1-5H3. The molecule has 0 radical (unpaired) electrons. The molecule has 0 fully saturated rings. The summed E-state index contributed by atoms with van der Waals surface area (Å²) in [7, 11) is 1.36. The normalized spacial score (nSPS) is 11.5. The van der Waals surface area contributed by atoms with Crippen LogP contribution in [0.5, 0.6) is 5.75 Å². The van der Waals surface area contributed by atoms with Gasteiger partial charge in [0.05, 0.1) is 20.3 Å². The maximum absolute atomic E-state index is 11.8. The molecule has 2 aromatic carbocycles. The Balaban J connectivity index is 1.59. The van der Waals surface area contributed by atoms with E-state index in [2.05, 4.69) is 31.2 Å². The summed E-state index contributed by atoms with van der Waals surface area (Å²) in [5, 5.41) is 4.76. The quantitative estimate of drug-likeness (QED) is 0.261. The number of carbonyl (C=O) groups is 1. The van der Waals surface area contributed by atoms with Gasteiger partial charge in [-0.3, -0.25) is 0 Å². The van der Waals surface area contributed by atoms with Gasteiger partial charge in [-0.1, -0.05) is 42.0 Å². The topological polar surface area (TPSA) is 75.5 Å². The Kier molecular flexibility index (Phi) is 9.43. The van der Waals surface area contributed by atoms with E-state index < -0.39 is 11.6 Å². The summed E-state index contributed by atoms with van der Waals surface area (Å²) in [5.74, 6) is 2.07. The minimum absolute atomic E-state index is 0.406. The summed E-state index contributed by atoms with van der Waals surface area (Å²) in [6.07, 6.45) is 3.41. The van der Waals surface area contributed by atoms with Crippen LogP contribution in [0.15, 0.2) is 48.5 Å². The highest BCUT2D eigenvalue weighted by Crippen LogP contribution is 2.21. The van der Waals surface area contributed by atoms with Crippen LogP contribution in [0.3, 0.4) is 0 Å². The molecule has 35 heavy (non-hydrogen) atoms. The molecule has 3 rings (SSSR count). The smallest absolute Gasteiger partial charge is 0.349 e. The summed E-state index contributed by atoms with van der Waals surface area (Å²) in [4.78, 5) is 16.7. The number of carbonyl (C=O) groups excluding carboxylic acids is 1. The number of hydrogen-bond donors (Lipinski definition) is 0. The van der Waals surface area contributed by atoms with E-state index in [1.165, 1.54) is 23.8 Å². The first-order valence-electron chi connectivity index (χ1n) is 12.2. The molecule has 0 bridgehead atoms. The van der Waals surface area contributed by atoms with Crippen molar-refractivity contribution in [1.29, 1.82) is 0 Å². The van der Waals surface area contributed by atoms with Crippen molar-refractivity contribution in [2.24, 2.45) is 0 Å². The lowest BCUT2D eigenvalue weighted by Gasteiger charge is -2.23. The van der Waals surface area contributed by atoms with Gasteiger partial charge in [-0.25, -0.2) is 14.5 Å². The lowest BCUT2D eigenvalue weighted by atomic mass is 10.1. The summed E-state index contributed by atoms with van der Waals surface area (Å²) in [5.41, 5.74) is 2.63. The van der Waals surface area contributed by atoms with Crippen LogP contribution < -0.4 is 4.74 Å². The van der Waals surface area contributed by atoms with Gasteiger partial charge in [-0.05, 0) is 63.8 Å². The predicted molar refractivity (Wildman–Crippen MR) is 136 cm³/mol. The molecule has 0 unspecified atom stereocenters. The first-order valence-corrected chi connectivity index (χ1v) is 12.2. The van der Waals surface area contributed by atoms with Crippen molar-refractivity contribution in [3.63, 3.8) is 0 Å². The fourth-order valence-electron chi connectivity index (χ4n) is 3.81. The predicted octanol–water partition coefficient (Wildman–Crippen LogP) is 4.72. The van der Waals surface area contributed by atoms with Crippen molar-refractivity contribution in [1.82, 2.24) is 14.8 Å². The molecule has 0 saturated heterocycles. The largest absolute Gasteiger partial charge is 0.476 e. The Labute approximate surface area is 208 Å². The van der Waals surface area contributed by atoms with Gasteiger partial charge in [0, 0.05) is 19.4 Å². The first-order chi connectivity index (χ1) is 16.8. The number of rotatable bonds is 13. The molecular weight excluding hydrogens is 442 g/mol. The highest BCUT2D eigenvalue weighted by atomic mass is 16.6. The lowest BCUT2D eigenvalue weighted by Crippen LogP contribution is -2.39. The van der Waals surface area contributed by atoms with E-state index in [9.17, 15) is 4.79 Å².